The van der Waals surface area contributed by atoms with Crippen molar-refractivity contribution in [3.8, 4) is 5.75 Å². The monoisotopic (exact) mass is 475 g/mol. The Balaban J connectivity index is 2.78. The maximum Gasteiger partial charge on any atom is 0.336 e. The fourth-order valence-electron chi connectivity index (χ4n) is 3.85. The van der Waals surface area contributed by atoms with Crippen molar-refractivity contribution in [2.24, 2.45) is 5.73 Å². The third kappa shape index (κ3) is 6.13. The Morgan fingerprint density at radius 1 is 1.09 bits per heavy atom. The van der Waals surface area contributed by atoms with Gasteiger partial charge in [-0.15, -0.1) is 0 Å². The Morgan fingerprint density at radius 3 is 2.29 bits per heavy atom. The Hall–Kier alpha value is -3.40. The van der Waals surface area contributed by atoms with Gasteiger partial charge in [-0.1, -0.05) is 6.92 Å². The molecule has 10 nitrogen and oxygen atoms in total. The first-order valence-electron chi connectivity index (χ1n) is 11.5. The van der Waals surface area contributed by atoms with Crippen LogP contribution in [0.2, 0.25) is 0 Å². The Bertz CT molecular complexity index is 985. The third-order valence-corrected chi connectivity index (χ3v) is 5.36. The van der Waals surface area contributed by atoms with Crippen LogP contribution in [0.3, 0.4) is 0 Å². The number of carbonyl (C=O) groups is 2. The van der Waals surface area contributed by atoms with E-state index in [0.717, 1.165) is 6.42 Å². The number of dihydropyridines is 1. The van der Waals surface area contributed by atoms with Crippen LogP contribution in [0.25, 0.3) is 0 Å². The number of rotatable bonds is 12. The molecule has 1 unspecified atom stereocenters. The summed E-state index contributed by atoms with van der Waals surface area (Å²) in [7, 11) is 0. The lowest BCUT2D eigenvalue weighted by Crippen LogP contribution is -2.33. The van der Waals surface area contributed by atoms with Crippen LogP contribution < -0.4 is 15.8 Å². The minimum absolute atomic E-state index is 0.124. The van der Waals surface area contributed by atoms with E-state index in [2.05, 4.69) is 5.32 Å². The highest BCUT2D eigenvalue weighted by atomic mass is 16.6. The van der Waals surface area contributed by atoms with E-state index in [1.165, 1.54) is 18.2 Å². The number of nitro groups is 1. The van der Waals surface area contributed by atoms with Crippen molar-refractivity contribution in [3.63, 3.8) is 0 Å². The van der Waals surface area contributed by atoms with Gasteiger partial charge in [0, 0.05) is 29.1 Å². The Kier molecular flexibility index (Phi) is 10.1. The fraction of sp³-hybridized carbons (Fsp3) is 0.500. The molecule has 3 N–H and O–H groups in total. The van der Waals surface area contributed by atoms with Gasteiger partial charge in [-0.3, -0.25) is 10.1 Å². The van der Waals surface area contributed by atoms with Crippen molar-refractivity contribution in [3.05, 3.63) is 56.4 Å². The normalized spacial score (nSPS) is 15.6. The van der Waals surface area contributed by atoms with Crippen LogP contribution >= 0.6 is 0 Å². The summed E-state index contributed by atoms with van der Waals surface area (Å²) in [6.45, 7) is 8.01. The highest BCUT2D eigenvalue weighted by Crippen LogP contribution is 2.44. The van der Waals surface area contributed by atoms with Crippen LogP contribution in [-0.2, 0) is 19.1 Å². The molecule has 1 aliphatic heterocycles. The number of hydrogen-bond donors (Lipinski definition) is 2. The minimum Gasteiger partial charge on any atom is -0.493 e. The largest absolute Gasteiger partial charge is 0.493 e. The van der Waals surface area contributed by atoms with Crippen molar-refractivity contribution in [1.29, 1.82) is 0 Å². The van der Waals surface area contributed by atoms with Gasteiger partial charge in [0.25, 0.3) is 5.69 Å². The zero-order chi connectivity index (χ0) is 25.3. The van der Waals surface area contributed by atoms with E-state index in [1.807, 2.05) is 6.92 Å². The van der Waals surface area contributed by atoms with E-state index in [4.69, 9.17) is 19.9 Å². The van der Waals surface area contributed by atoms with Crippen molar-refractivity contribution in [2.45, 2.75) is 52.9 Å². The number of nitrogens with one attached hydrogen (secondary N) is 1. The summed E-state index contributed by atoms with van der Waals surface area (Å²) in [5, 5.41) is 14.7. The molecule has 186 valence electrons. The standard InChI is InChI=1S/C24H33N3O7/c1-5-18-22(24(29)33-7-3)21(20(15(4)26-18)23(28)32-6-2)17-14-16(27(30)31)10-11-19(17)34-13-9-8-12-25/h10-11,14,21,26H,5-9,12-13,25H2,1-4H3. The molecule has 0 aliphatic carbocycles. The lowest BCUT2D eigenvalue weighted by atomic mass is 9.79. The molecule has 2 rings (SSSR count). The molecule has 1 atom stereocenters. The molecule has 1 aliphatic rings. The SMILES string of the molecule is CCOC(=O)C1=C(C)NC(CC)=C(C(=O)OCC)C1c1cc([N+](=O)[O-])ccc1OCCCCN. The first-order valence-corrected chi connectivity index (χ1v) is 11.5. The second kappa shape index (κ2) is 12.7. The fourth-order valence-corrected chi connectivity index (χ4v) is 3.85. The molecule has 0 saturated heterocycles. The Morgan fingerprint density at radius 2 is 1.74 bits per heavy atom. The number of nitrogens with two attached hydrogens (primary N) is 1. The molecule has 10 heteroatoms. The zero-order valence-electron chi connectivity index (χ0n) is 20.1. The van der Waals surface area contributed by atoms with Crippen LogP contribution in [0.15, 0.2) is 40.7 Å². The number of nitrogens with zero attached hydrogens (tertiary/aromatic N) is 1. The molecule has 0 spiro atoms. The smallest absolute Gasteiger partial charge is 0.336 e. The minimum atomic E-state index is -0.973. The molecule has 0 radical (unpaired) electrons. The number of carbonyl (C=O) groups excluding carboxylic acids is 2. The van der Waals surface area contributed by atoms with Gasteiger partial charge in [0.1, 0.15) is 5.75 Å². The van der Waals surface area contributed by atoms with Crippen molar-refractivity contribution >= 4 is 17.6 Å². The molecule has 0 aromatic heterocycles. The maximum absolute atomic E-state index is 13.1. The summed E-state index contributed by atoms with van der Waals surface area (Å²) in [4.78, 5) is 37.3. The topological polar surface area (TPSA) is 143 Å². The molecule has 1 heterocycles. The van der Waals surface area contributed by atoms with E-state index in [1.54, 1.807) is 20.8 Å². The van der Waals surface area contributed by atoms with Gasteiger partial charge in [0.05, 0.1) is 41.8 Å². The number of esters is 2. The van der Waals surface area contributed by atoms with Crippen LogP contribution in [-0.4, -0.2) is 43.2 Å². The van der Waals surface area contributed by atoms with Crippen LogP contribution in [0.5, 0.6) is 5.75 Å². The number of benzene rings is 1. The summed E-state index contributed by atoms with van der Waals surface area (Å²) in [6, 6.07) is 4.16. The number of allylic oxidation sites excluding steroid dienone is 2. The first kappa shape index (κ1) is 26.8. The van der Waals surface area contributed by atoms with Gasteiger partial charge in [-0.2, -0.15) is 0 Å². The average molecular weight is 476 g/mol. The second-order valence-corrected chi connectivity index (χ2v) is 7.61. The lowest BCUT2D eigenvalue weighted by molar-refractivity contribution is -0.384. The van der Waals surface area contributed by atoms with Gasteiger partial charge in [0.15, 0.2) is 0 Å². The van der Waals surface area contributed by atoms with Gasteiger partial charge in [0.2, 0.25) is 0 Å². The summed E-state index contributed by atoms with van der Waals surface area (Å²) in [5.74, 6) is -1.89. The number of unbranched alkanes of at least 4 members (excludes halogenated alkanes) is 1. The van der Waals surface area contributed by atoms with Gasteiger partial charge >= 0.3 is 11.9 Å². The number of non-ortho nitro benzene ring substituents is 1. The highest BCUT2D eigenvalue weighted by Gasteiger charge is 2.40. The van der Waals surface area contributed by atoms with E-state index in [9.17, 15) is 19.7 Å². The third-order valence-electron chi connectivity index (χ3n) is 5.36. The molecule has 34 heavy (non-hydrogen) atoms. The highest BCUT2D eigenvalue weighted by molar-refractivity contribution is 6.00. The number of hydrogen-bond acceptors (Lipinski definition) is 9. The van der Waals surface area contributed by atoms with Gasteiger partial charge < -0.3 is 25.3 Å². The van der Waals surface area contributed by atoms with Crippen LogP contribution in [0.4, 0.5) is 5.69 Å². The number of nitro benzene ring substituents is 1. The quantitative estimate of drug-likeness (QED) is 0.201. The summed E-state index contributed by atoms with van der Waals surface area (Å²) >= 11 is 0. The molecule has 0 bridgehead atoms. The Labute approximate surface area is 199 Å². The number of ether oxygens (including phenoxy) is 3. The summed E-state index contributed by atoms with van der Waals surface area (Å²) in [6.07, 6.45) is 1.87. The van der Waals surface area contributed by atoms with Gasteiger partial charge in [-0.25, -0.2) is 9.59 Å². The second-order valence-electron chi connectivity index (χ2n) is 7.61. The molecule has 1 aromatic rings. The molecule has 0 fully saturated rings. The van der Waals surface area contributed by atoms with E-state index >= 15 is 0 Å². The summed E-state index contributed by atoms with van der Waals surface area (Å²) in [5.41, 5.74) is 7.12. The molecule has 0 amide bonds. The van der Waals surface area contributed by atoms with E-state index in [0.29, 0.717) is 48.7 Å². The average Bonchev–Trinajstić information content (AvgIpc) is 2.81. The van der Waals surface area contributed by atoms with Crippen molar-refractivity contribution < 1.29 is 28.7 Å². The molecule has 0 saturated carbocycles. The predicted octanol–water partition coefficient (Wildman–Crippen LogP) is 3.46. The first-order chi connectivity index (χ1) is 16.3. The summed E-state index contributed by atoms with van der Waals surface area (Å²) < 4.78 is 16.6. The van der Waals surface area contributed by atoms with Gasteiger partial charge in [-0.05, 0) is 52.6 Å². The maximum atomic E-state index is 13.1. The van der Waals surface area contributed by atoms with E-state index in [-0.39, 0.29) is 30.0 Å². The predicted molar refractivity (Wildman–Crippen MR) is 126 cm³/mol. The van der Waals surface area contributed by atoms with Crippen LogP contribution in [0.1, 0.15) is 58.4 Å². The zero-order valence-corrected chi connectivity index (χ0v) is 20.1. The lowest BCUT2D eigenvalue weighted by Gasteiger charge is -2.32. The van der Waals surface area contributed by atoms with Crippen LogP contribution in [0, 0.1) is 10.1 Å². The van der Waals surface area contributed by atoms with Crippen molar-refractivity contribution in [2.75, 3.05) is 26.4 Å². The molecule has 1 aromatic carbocycles. The van der Waals surface area contributed by atoms with E-state index < -0.39 is 22.8 Å². The molecular weight excluding hydrogens is 442 g/mol. The molecular formula is C24H33N3O7. The van der Waals surface area contributed by atoms with Crippen molar-refractivity contribution in [1.82, 2.24) is 5.32 Å².